The van der Waals surface area contributed by atoms with Crippen molar-refractivity contribution in [3.63, 3.8) is 0 Å². The standard InChI is InChI=1S/C31H40N4O5/c1-31(2,3)18-27(36)40-24-13-15-34(16-14-24)30(38)26-17-25(39-20-21-7-5-4-6-8-21)19-35(26)29(37)23-11-9-22(10-12-23)28(32)33/h4-12,24-26H,13-20H2,1-3H3,(H3,32,33)/t25?,26-/m1/s1. The van der Waals surface area contributed by atoms with Gasteiger partial charge in [-0.15, -0.1) is 0 Å². The van der Waals surface area contributed by atoms with Crippen molar-refractivity contribution in [1.29, 1.82) is 5.41 Å². The zero-order valence-electron chi connectivity index (χ0n) is 23.6. The van der Waals surface area contributed by atoms with Crippen LogP contribution in [0.25, 0.3) is 0 Å². The Morgan fingerprint density at radius 2 is 1.57 bits per heavy atom. The van der Waals surface area contributed by atoms with E-state index in [-0.39, 0.29) is 41.2 Å². The molecule has 2 heterocycles. The molecule has 2 aromatic carbocycles. The topological polar surface area (TPSA) is 126 Å². The summed E-state index contributed by atoms with van der Waals surface area (Å²) < 4.78 is 11.8. The number of hydrogen-bond donors (Lipinski definition) is 2. The molecule has 40 heavy (non-hydrogen) atoms. The molecule has 9 nitrogen and oxygen atoms in total. The fourth-order valence-corrected chi connectivity index (χ4v) is 5.19. The maximum atomic E-state index is 13.8. The molecular weight excluding hydrogens is 508 g/mol. The molecule has 2 fully saturated rings. The minimum atomic E-state index is -0.652. The van der Waals surface area contributed by atoms with Gasteiger partial charge in [0, 0.05) is 50.0 Å². The van der Waals surface area contributed by atoms with Gasteiger partial charge in [-0.1, -0.05) is 63.2 Å². The number of nitrogen functional groups attached to an aromatic ring is 1. The second-order valence-electron chi connectivity index (χ2n) is 11.9. The summed E-state index contributed by atoms with van der Waals surface area (Å²) in [6, 6.07) is 15.7. The average molecular weight is 549 g/mol. The van der Waals surface area contributed by atoms with Crippen LogP contribution >= 0.6 is 0 Å². The smallest absolute Gasteiger partial charge is 0.306 e. The summed E-state index contributed by atoms with van der Waals surface area (Å²) in [6.07, 6.45) is 1.41. The number of carbonyl (C=O) groups excluding carboxylic acids is 3. The quantitative estimate of drug-likeness (QED) is 0.294. The SMILES string of the molecule is CC(C)(C)CC(=O)OC1CCN(C(=O)[C@H]2CC(OCc3ccccc3)CN2C(=O)c2ccc(C(=N)N)cc2)CC1. The lowest BCUT2D eigenvalue weighted by atomic mass is 9.92. The fraction of sp³-hybridized carbons (Fsp3) is 0.484. The summed E-state index contributed by atoms with van der Waals surface area (Å²) in [7, 11) is 0. The van der Waals surface area contributed by atoms with Crippen LogP contribution in [0.5, 0.6) is 0 Å². The number of benzene rings is 2. The Hall–Kier alpha value is -3.72. The van der Waals surface area contributed by atoms with Gasteiger partial charge < -0.3 is 25.0 Å². The maximum absolute atomic E-state index is 13.8. The number of likely N-dealkylation sites (tertiary alicyclic amines) is 2. The van der Waals surface area contributed by atoms with Crippen LogP contribution in [0, 0.1) is 10.8 Å². The van der Waals surface area contributed by atoms with Gasteiger partial charge in [0.05, 0.1) is 19.1 Å². The third-order valence-electron chi connectivity index (χ3n) is 7.31. The number of nitrogens with one attached hydrogen (secondary N) is 1. The van der Waals surface area contributed by atoms with Gasteiger partial charge in [0.2, 0.25) is 5.91 Å². The van der Waals surface area contributed by atoms with Gasteiger partial charge in [-0.25, -0.2) is 0 Å². The Balaban J connectivity index is 1.42. The second-order valence-corrected chi connectivity index (χ2v) is 11.9. The van der Waals surface area contributed by atoms with E-state index in [1.54, 1.807) is 34.1 Å². The number of amides is 2. The number of ether oxygens (including phenoxy) is 2. The number of nitrogens with zero attached hydrogens (tertiary/aromatic N) is 2. The number of hydrogen-bond acceptors (Lipinski definition) is 6. The molecule has 9 heteroatoms. The van der Waals surface area contributed by atoms with Crippen LogP contribution in [0.2, 0.25) is 0 Å². The molecule has 2 aliphatic rings. The first kappa shape index (κ1) is 29.3. The van der Waals surface area contributed by atoms with E-state index in [1.165, 1.54) is 0 Å². The third kappa shape index (κ3) is 7.69. The van der Waals surface area contributed by atoms with E-state index in [0.717, 1.165) is 5.56 Å². The Morgan fingerprint density at radius 1 is 0.950 bits per heavy atom. The largest absolute Gasteiger partial charge is 0.462 e. The number of carbonyl (C=O) groups is 3. The van der Waals surface area contributed by atoms with Gasteiger partial charge in [0.1, 0.15) is 18.0 Å². The van der Waals surface area contributed by atoms with Crippen LogP contribution in [-0.4, -0.2) is 71.3 Å². The van der Waals surface area contributed by atoms with Gasteiger partial charge in [-0.2, -0.15) is 0 Å². The van der Waals surface area contributed by atoms with E-state index in [0.29, 0.717) is 63.1 Å². The van der Waals surface area contributed by atoms with E-state index < -0.39 is 6.04 Å². The Morgan fingerprint density at radius 3 is 2.17 bits per heavy atom. The fourth-order valence-electron chi connectivity index (χ4n) is 5.19. The number of piperidine rings is 1. The van der Waals surface area contributed by atoms with Crippen molar-refractivity contribution >= 4 is 23.6 Å². The van der Waals surface area contributed by atoms with Crippen molar-refractivity contribution in [2.75, 3.05) is 19.6 Å². The van der Waals surface area contributed by atoms with E-state index >= 15 is 0 Å². The molecule has 0 spiro atoms. The van der Waals surface area contributed by atoms with E-state index in [4.69, 9.17) is 20.6 Å². The Bertz CT molecular complexity index is 1200. The summed E-state index contributed by atoms with van der Waals surface area (Å²) in [5.41, 5.74) is 7.40. The molecule has 214 valence electrons. The first-order chi connectivity index (χ1) is 19.0. The lowest BCUT2D eigenvalue weighted by molar-refractivity contribution is -0.154. The highest BCUT2D eigenvalue weighted by Gasteiger charge is 2.43. The van der Waals surface area contributed by atoms with Crippen molar-refractivity contribution < 1.29 is 23.9 Å². The van der Waals surface area contributed by atoms with Crippen molar-refractivity contribution in [3.8, 4) is 0 Å². The molecule has 2 aromatic rings. The Labute approximate surface area is 236 Å². The molecule has 2 saturated heterocycles. The third-order valence-corrected chi connectivity index (χ3v) is 7.31. The lowest BCUT2D eigenvalue weighted by Gasteiger charge is -2.35. The van der Waals surface area contributed by atoms with Crippen LogP contribution in [0.15, 0.2) is 54.6 Å². The van der Waals surface area contributed by atoms with Gasteiger partial charge >= 0.3 is 5.97 Å². The summed E-state index contributed by atoms with van der Waals surface area (Å²) >= 11 is 0. The zero-order chi connectivity index (χ0) is 28.9. The first-order valence-electron chi connectivity index (χ1n) is 13.9. The molecule has 0 saturated carbocycles. The van der Waals surface area contributed by atoms with Crippen LogP contribution in [0.4, 0.5) is 0 Å². The highest BCUT2D eigenvalue weighted by Crippen LogP contribution is 2.28. The molecule has 3 N–H and O–H groups in total. The molecule has 4 rings (SSSR count). The van der Waals surface area contributed by atoms with Crippen LogP contribution in [0.3, 0.4) is 0 Å². The predicted octanol–water partition coefficient (Wildman–Crippen LogP) is 3.74. The Kier molecular flexibility index (Phi) is 9.25. The van der Waals surface area contributed by atoms with Gasteiger partial charge in [0.25, 0.3) is 5.91 Å². The highest BCUT2D eigenvalue weighted by atomic mass is 16.5. The average Bonchev–Trinajstić information content (AvgIpc) is 3.35. The van der Waals surface area contributed by atoms with Gasteiger partial charge in [-0.05, 0) is 23.1 Å². The molecule has 0 aromatic heterocycles. The van der Waals surface area contributed by atoms with Crippen LogP contribution < -0.4 is 5.73 Å². The van der Waals surface area contributed by atoms with Crippen molar-refractivity contribution in [1.82, 2.24) is 9.80 Å². The first-order valence-corrected chi connectivity index (χ1v) is 13.9. The van der Waals surface area contributed by atoms with Crippen molar-refractivity contribution in [2.24, 2.45) is 11.1 Å². The number of amidine groups is 1. The highest BCUT2D eigenvalue weighted by molar-refractivity contribution is 6.00. The minimum absolute atomic E-state index is 0.0740. The summed E-state index contributed by atoms with van der Waals surface area (Å²) in [4.78, 5) is 43.0. The molecule has 2 aliphatic heterocycles. The minimum Gasteiger partial charge on any atom is -0.462 e. The van der Waals surface area contributed by atoms with Crippen LogP contribution in [0.1, 0.15) is 67.9 Å². The maximum Gasteiger partial charge on any atom is 0.306 e. The molecular formula is C31H40N4O5. The van der Waals surface area contributed by atoms with Crippen molar-refractivity contribution in [2.45, 2.75) is 71.3 Å². The molecule has 1 unspecified atom stereocenters. The van der Waals surface area contributed by atoms with Gasteiger partial charge in [-0.3, -0.25) is 19.8 Å². The molecule has 0 aliphatic carbocycles. The molecule has 2 atom stereocenters. The number of rotatable bonds is 8. The van der Waals surface area contributed by atoms with Gasteiger partial charge in [0.15, 0.2) is 0 Å². The van der Waals surface area contributed by atoms with Crippen molar-refractivity contribution in [3.05, 3.63) is 71.3 Å². The second kappa shape index (κ2) is 12.6. The summed E-state index contributed by atoms with van der Waals surface area (Å²) in [5.74, 6) is -0.654. The normalized spacial score (nSPS) is 19.9. The number of nitrogens with two attached hydrogens (primary N) is 1. The van der Waals surface area contributed by atoms with E-state index in [9.17, 15) is 14.4 Å². The summed E-state index contributed by atoms with van der Waals surface area (Å²) in [6.45, 7) is 7.63. The van der Waals surface area contributed by atoms with E-state index in [2.05, 4.69) is 0 Å². The van der Waals surface area contributed by atoms with E-state index in [1.807, 2.05) is 51.1 Å². The predicted molar refractivity (Wildman–Crippen MR) is 152 cm³/mol. The summed E-state index contributed by atoms with van der Waals surface area (Å²) in [5, 5.41) is 7.60. The molecule has 0 bridgehead atoms. The zero-order valence-corrected chi connectivity index (χ0v) is 23.6. The molecule has 2 amide bonds. The lowest BCUT2D eigenvalue weighted by Crippen LogP contribution is -2.50. The number of esters is 1. The molecule has 0 radical (unpaired) electrons. The van der Waals surface area contributed by atoms with Crippen LogP contribution in [-0.2, 0) is 25.7 Å². The monoisotopic (exact) mass is 548 g/mol.